The summed E-state index contributed by atoms with van der Waals surface area (Å²) >= 11 is 0. The highest BCUT2D eigenvalue weighted by Gasteiger charge is 2.17. The average Bonchev–Trinajstić information content (AvgIpc) is 2.53. The number of hydrogen-bond acceptors (Lipinski definition) is 3. The van der Waals surface area contributed by atoms with E-state index in [0.29, 0.717) is 23.8 Å². The molecule has 2 rings (SSSR count). The van der Waals surface area contributed by atoms with E-state index in [4.69, 9.17) is 10.5 Å². The van der Waals surface area contributed by atoms with Crippen LogP contribution in [0.3, 0.4) is 0 Å². The van der Waals surface area contributed by atoms with Crippen LogP contribution in [0.25, 0.3) is 0 Å². The van der Waals surface area contributed by atoms with Crippen LogP contribution in [0.15, 0.2) is 18.2 Å². The van der Waals surface area contributed by atoms with Crippen LogP contribution >= 0.6 is 0 Å². The van der Waals surface area contributed by atoms with Crippen molar-refractivity contribution in [2.75, 3.05) is 6.61 Å². The van der Waals surface area contributed by atoms with Crippen molar-refractivity contribution in [2.45, 2.75) is 52.0 Å². The maximum atomic E-state index is 11.7. The van der Waals surface area contributed by atoms with Gasteiger partial charge in [0.1, 0.15) is 5.75 Å². The highest BCUT2D eigenvalue weighted by atomic mass is 16.5. The van der Waals surface area contributed by atoms with E-state index in [1.807, 2.05) is 13.0 Å². The van der Waals surface area contributed by atoms with E-state index in [9.17, 15) is 9.59 Å². The number of nitrogens with one attached hydrogen (secondary N) is 1. The first kappa shape index (κ1) is 17.3. The third-order valence-corrected chi connectivity index (χ3v) is 4.39. The molecule has 0 bridgehead atoms. The SMILES string of the molecule is CC(=O)N[C@H](C)c1ccc(OCC2CCCCC2)c(C(N)=O)c1. The minimum Gasteiger partial charge on any atom is -0.492 e. The Hall–Kier alpha value is -2.04. The summed E-state index contributed by atoms with van der Waals surface area (Å²) in [5.41, 5.74) is 6.69. The molecule has 2 amide bonds. The Bertz CT molecular complexity index is 565. The molecule has 1 aliphatic rings. The van der Waals surface area contributed by atoms with Crippen LogP contribution in [-0.2, 0) is 4.79 Å². The molecule has 1 saturated carbocycles. The van der Waals surface area contributed by atoms with Crippen LogP contribution in [0.2, 0.25) is 0 Å². The van der Waals surface area contributed by atoms with E-state index >= 15 is 0 Å². The van der Waals surface area contributed by atoms with Gasteiger partial charge in [0.15, 0.2) is 0 Å². The number of hydrogen-bond donors (Lipinski definition) is 2. The van der Waals surface area contributed by atoms with Crippen molar-refractivity contribution in [3.63, 3.8) is 0 Å². The molecule has 0 radical (unpaired) electrons. The summed E-state index contributed by atoms with van der Waals surface area (Å²) in [6.45, 7) is 3.96. The summed E-state index contributed by atoms with van der Waals surface area (Å²) in [6, 6.07) is 5.16. The molecule has 1 atom stereocenters. The zero-order chi connectivity index (χ0) is 16.8. The monoisotopic (exact) mass is 318 g/mol. The van der Waals surface area contributed by atoms with Gasteiger partial charge in [0.2, 0.25) is 5.91 Å². The van der Waals surface area contributed by atoms with Crippen molar-refractivity contribution in [1.29, 1.82) is 0 Å². The van der Waals surface area contributed by atoms with E-state index in [-0.39, 0.29) is 11.9 Å². The highest BCUT2D eigenvalue weighted by Crippen LogP contribution is 2.27. The normalized spacial score (nSPS) is 16.6. The first-order valence-corrected chi connectivity index (χ1v) is 8.31. The van der Waals surface area contributed by atoms with Gasteiger partial charge in [-0.1, -0.05) is 25.3 Å². The number of nitrogens with two attached hydrogens (primary N) is 1. The Balaban J connectivity index is 2.09. The fourth-order valence-electron chi connectivity index (χ4n) is 3.09. The van der Waals surface area contributed by atoms with Gasteiger partial charge >= 0.3 is 0 Å². The molecule has 5 heteroatoms. The van der Waals surface area contributed by atoms with Crippen molar-refractivity contribution < 1.29 is 14.3 Å². The van der Waals surface area contributed by atoms with Crippen molar-refractivity contribution >= 4 is 11.8 Å². The standard InChI is InChI=1S/C18H26N2O3/c1-12(20-13(2)21)15-8-9-17(16(10-15)18(19)22)23-11-14-6-4-3-5-7-14/h8-10,12,14H,3-7,11H2,1-2H3,(H2,19,22)(H,20,21)/t12-/m1/s1. The first-order chi connectivity index (χ1) is 11.0. The molecule has 1 fully saturated rings. The highest BCUT2D eigenvalue weighted by molar-refractivity contribution is 5.95. The number of primary amides is 1. The molecule has 0 saturated heterocycles. The second-order valence-corrected chi connectivity index (χ2v) is 6.36. The van der Waals surface area contributed by atoms with Gasteiger partial charge in [0, 0.05) is 6.92 Å². The second kappa shape index (κ2) is 7.99. The van der Waals surface area contributed by atoms with E-state index in [2.05, 4.69) is 5.32 Å². The quantitative estimate of drug-likeness (QED) is 0.846. The Morgan fingerprint density at radius 3 is 2.61 bits per heavy atom. The molecule has 3 N–H and O–H groups in total. The first-order valence-electron chi connectivity index (χ1n) is 8.31. The molecule has 1 aliphatic carbocycles. The van der Waals surface area contributed by atoms with Gasteiger partial charge in [-0.2, -0.15) is 0 Å². The summed E-state index contributed by atoms with van der Waals surface area (Å²) in [4.78, 5) is 22.9. The minimum absolute atomic E-state index is 0.115. The third kappa shape index (κ3) is 4.98. The fourth-order valence-corrected chi connectivity index (χ4v) is 3.09. The fraction of sp³-hybridized carbons (Fsp3) is 0.556. The van der Waals surface area contributed by atoms with Gasteiger partial charge in [-0.3, -0.25) is 9.59 Å². The predicted molar refractivity (Wildman–Crippen MR) is 89.3 cm³/mol. The predicted octanol–water partition coefficient (Wildman–Crippen LogP) is 2.94. The number of benzene rings is 1. The lowest BCUT2D eigenvalue weighted by atomic mass is 9.90. The minimum atomic E-state index is -0.513. The molecule has 0 aliphatic heterocycles. The van der Waals surface area contributed by atoms with Crippen LogP contribution in [0.1, 0.15) is 67.9 Å². The zero-order valence-electron chi connectivity index (χ0n) is 13.9. The molecule has 126 valence electrons. The van der Waals surface area contributed by atoms with Crippen LogP contribution in [0, 0.1) is 5.92 Å². The Morgan fingerprint density at radius 2 is 2.00 bits per heavy atom. The van der Waals surface area contributed by atoms with Gasteiger partial charge in [-0.05, 0) is 43.4 Å². The van der Waals surface area contributed by atoms with E-state index in [0.717, 1.165) is 5.56 Å². The molecular weight excluding hydrogens is 292 g/mol. The van der Waals surface area contributed by atoms with Gasteiger partial charge < -0.3 is 15.8 Å². The summed E-state index contributed by atoms with van der Waals surface area (Å²) in [5.74, 6) is 0.459. The number of ether oxygens (including phenoxy) is 1. The van der Waals surface area contributed by atoms with Crippen molar-refractivity contribution in [3.05, 3.63) is 29.3 Å². The molecule has 23 heavy (non-hydrogen) atoms. The van der Waals surface area contributed by atoms with Crippen molar-refractivity contribution in [1.82, 2.24) is 5.32 Å². The molecule has 1 aromatic carbocycles. The van der Waals surface area contributed by atoms with Crippen LogP contribution in [0.4, 0.5) is 0 Å². The summed E-state index contributed by atoms with van der Waals surface area (Å²) < 4.78 is 5.87. The van der Waals surface area contributed by atoms with Crippen molar-refractivity contribution in [3.8, 4) is 5.75 Å². The second-order valence-electron chi connectivity index (χ2n) is 6.36. The lowest BCUT2D eigenvalue weighted by Crippen LogP contribution is -2.24. The number of carbonyl (C=O) groups is 2. The molecule has 0 aromatic heterocycles. The van der Waals surface area contributed by atoms with Gasteiger partial charge in [-0.25, -0.2) is 0 Å². The van der Waals surface area contributed by atoms with Crippen LogP contribution in [-0.4, -0.2) is 18.4 Å². The van der Waals surface area contributed by atoms with Crippen LogP contribution in [0.5, 0.6) is 5.75 Å². The van der Waals surface area contributed by atoms with Crippen molar-refractivity contribution in [2.24, 2.45) is 11.7 Å². The summed E-state index contributed by atoms with van der Waals surface area (Å²) in [6.07, 6.45) is 6.18. The smallest absolute Gasteiger partial charge is 0.252 e. The maximum Gasteiger partial charge on any atom is 0.252 e. The Kier molecular flexibility index (Phi) is 6.02. The third-order valence-electron chi connectivity index (χ3n) is 4.39. The van der Waals surface area contributed by atoms with Gasteiger partial charge in [0.25, 0.3) is 5.91 Å². The van der Waals surface area contributed by atoms with Gasteiger partial charge in [-0.15, -0.1) is 0 Å². The molecule has 0 heterocycles. The summed E-state index contributed by atoms with van der Waals surface area (Å²) in [7, 11) is 0. The van der Waals surface area contributed by atoms with Gasteiger partial charge in [0.05, 0.1) is 18.2 Å². The molecule has 1 aromatic rings. The number of rotatable bonds is 6. The zero-order valence-corrected chi connectivity index (χ0v) is 13.9. The molecule has 5 nitrogen and oxygen atoms in total. The molecule has 0 spiro atoms. The van der Waals surface area contributed by atoms with E-state index < -0.39 is 5.91 Å². The average molecular weight is 318 g/mol. The number of amides is 2. The largest absolute Gasteiger partial charge is 0.492 e. The summed E-state index contributed by atoms with van der Waals surface area (Å²) in [5, 5.41) is 2.80. The lowest BCUT2D eigenvalue weighted by Gasteiger charge is -2.22. The lowest BCUT2D eigenvalue weighted by molar-refractivity contribution is -0.119. The van der Waals surface area contributed by atoms with E-state index in [1.165, 1.54) is 39.0 Å². The van der Waals surface area contributed by atoms with Crippen LogP contribution < -0.4 is 15.8 Å². The maximum absolute atomic E-state index is 11.7. The topological polar surface area (TPSA) is 81.4 Å². The Labute approximate surface area is 137 Å². The number of carbonyl (C=O) groups excluding carboxylic acids is 2. The molecule has 0 unspecified atom stereocenters. The Morgan fingerprint density at radius 1 is 1.30 bits per heavy atom. The van der Waals surface area contributed by atoms with E-state index in [1.54, 1.807) is 12.1 Å². The molecular formula is C18H26N2O3.